The van der Waals surface area contributed by atoms with Crippen molar-refractivity contribution in [1.29, 1.82) is 0 Å². The van der Waals surface area contributed by atoms with E-state index in [2.05, 4.69) is 31.9 Å². The average molecular weight is 402 g/mol. The van der Waals surface area contributed by atoms with Crippen molar-refractivity contribution in [3.8, 4) is 11.5 Å². The van der Waals surface area contributed by atoms with E-state index in [0.717, 1.165) is 15.8 Å². The summed E-state index contributed by atoms with van der Waals surface area (Å²) in [6.45, 7) is 1.09. The fraction of sp³-hybridized carbons (Fsp3) is 0.200. The standard InChI is InChI=1S/C15H11Br2FO2/c16-10-2-1-3-11(18)14(10)15(17)9-4-5-12-13(8-9)20-7-6-19-12/h1-5,8,15H,6-7H2. The molecule has 0 amide bonds. The van der Waals surface area contributed by atoms with Crippen molar-refractivity contribution in [3.05, 3.63) is 57.8 Å². The van der Waals surface area contributed by atoms with E-state index in [1.165, 1.54) is 6.07 Å². The molecule has 0 saturated heterocycles. The molecule has 1 unspecified atom stereocenters. The monoisotopic (exact) mass is 400 g/mol. The van der Waals surface area contributed by atoms with E-state index in [4.69, 9.17) is 9.47 Å². The molecule has 0 bridgehead atoms. The summed E-state index contributed by atoms with van der Waals surface area (Å²) in [5.74, 6) is 1.18. The van der Waals surface area contributed by atoms with Gasteiger partial charge >= 0.3 is 0 Å². The van der Waals surface area contributed by atoms with Crippen LogP contribution in [-0.2, 0) is 0 Å². The molecule has 1 aliphatic rings. The molecule has 0 aliphatic carbocycles. The Labute approximate surface area is 133 Å². The number of alkyl halides is 1. The summed E-state index contributed by atoms with van der Waals surface area (Å²) in [6.07, 6.45) is 0. The zero-order chi connectivity index (χ0) is 14.1. The summed E-state index contributed by atoms with van der Waals surface area (Å²) in [5.41, 5.74) is 1.49. The smallest absolute Gasteiger partial charge is 0.161 e. The van der Waals surface area contributed by atoms with Gasteiger partial charge in [0.25, 0.3) is 0 Å². The molecule has 1 atom stereocenters. The topological polar surface area (TPSA) is 18.5 Å². The van der Waals surface area contributed by atoms with Crippen molar-refractivity contribution < 1.29 is 13.9 Å². The van der Waals surface area contributed by atoms with Crippen LogP contribution >= 0.6 is 31.9 Å². The lowest BCUT2D eigenvalue weighted by Gasteiger charge is -2.20. The third-order valence-corrected chi connectivity index (χ3v) is 4.79. The predicted molar refractivity (Wildman–Crippen MR) is 82.3 cm³/mol. The minimum Gasteiger partial charge on any atom is -0.486 e. The molecule has 0 N–H and O–H groups in total. The highest BCUT2D eigenvalue weighted by Gasteiger charge is 2.20. The predicted octanol–water partition coefficient (Wildman–Crippen LogP) is 4.84. The van der Waals surface area contributed by atoms with Crippen LogP contribution in [0.15, 0.2) is 40.9 Å². The highest BCUT2D eigenvalue weighted by atomic mass is 79.9. The summed E-state index contributed by atoms with van der Waals surface area (Å²) < 4.78 is 25.8. The van der Waals surface area contributed by atoms with E-state index >= 15 is 0 Å². The fourth-order valence-electron chi connectivity index (χ4n) is 2.14. The van der Waals surface area contributed by atoms with E-state index in [-0.39, 0.29) is 10.6 Å². The molecular formula is C15H11Br2FO2. The third-order valence-electron chi connectivity index (χ3n) is 3.11. The number of fused-ring (bicyclic) bond motifs is 1. The first-order valence-corrected chi connectivity index (χ1v) is 7.85. The second-order valence-corrected chi connectivity index (χ2v) is 6.17. The summed E-state index contributed by atoms with van der Waals surface area (Å²) in [7, 11) is 0. The van der Waals surface area contributed by atoms with E-state index in [1.54, 1.807) is 6.07 Å². The summed E-state index contributed by atoms with van der Waals surface area (Å²) >= 11 is 6.95. The lowest BCUT2D eigenvalue weighted by atomic mass is 10.0. The highest BCUT2D eigenvalue weighted by molar-refractivity contribution is 9.11. The normalized spacial score (nSPS) is 14.9. The number of hydrogen-bond donors (Lipinski definition) is 0. The lowest BCUT2D eigenvalue weighted by molar-refractivity contribution is 0.171. The van der Waals surface area contributed by atoms with Gasteiger partial charge in [0, 0.05) is 10.0 Å². The first kappa shape index (κ1) is 13.9. The molecule has 2 aromatic rings. The Hall–Kier alpha value is -1.07. The molecule has 0 radical (unpaired) electrons. The van der Waals surface area contributed by atoms with Crippen molar-refractivity contribution in [1.82, 2.24) is 0 Å². The van der Waals surface area contributed by atoms with Crippen molar-refractivity contribution in [2.24, 2.45) is 0 Å². The number of halogens is 3. The van der Waals surface area contributed by atoms with Gasteiger partial charge in [-0.2, -0.15) is 0 Å². The molecule has 2 aromatic carbocycles. The fourth-order valence-corrected chi connectivity index (χ4v) is 3.77. The minimum absolute atomic E-state index is 0.254. The molecule has 5 heteroatoms. The largest absolute Gasteiger partial charge is 0.486 e. The minimum atomic E-state index is -0.256. The van der Waals surface area contributed by atoms with Crippen LogP contribution in [0.1, 0.15) is 16.0 Å². The van der Waals surface area contributed by atoms with Crippen LogP contribution in [-0.4, -0.2) is 13.2 Å². The molecule has 1 heterocycles. The molecule has 3 rings (SSSR count). The van der Waals surface area contributed by atoms with Crippen LogP contribution in [0.25, 0.3) is 0 Å². The Morgan fingerprint density at radius 1 is 1.05 bits per heavy atom. The Kier molecular flexibility index (Phi) is 3.98. The molecule has 0 aromatic heterocycles. The van der Waals surface area contributed by atoms with Crippen LogP contribution in [0.5, 0.6) is 11.5 Å². The SMILES string of the molecule is Fc1cccc(Br)c1C(Br)c1ccc2c(c1)OCCO2. The van der Waals surface area contributed by atoms with Gasteiger partial charge in [-0.25, -0.2) is 4.39 Å². The van der Waals surface area contributed by atoms with Crippen molar-refractivity contribution in [2.75, 3.05) is 13.2 Å². The van der Waals surface area contributed by atoms with Crippen LogP contribution < -0.4 is 9.47 Å². The van der Waals surface area contributed by atoms with Gasteiger partial charge in [-0.3, -0.25) is 0 Å². The molecule has 20 heavy (non-hydrogen) atoms. The van der Waals surface area contributed by atoms with Gasteiger partial charge in [-0.05, 0) is 29.8 Å². The number of rotatable bonds is 2. The van der Waals surface area contributed by atoms with Crippen molar-refractivity contribution in [3.63, 3.8) is 0 Å². The maximum atomic E-state index is 14.0. The molecule has 0 spiro atoms. The Bertz CT molecular complexity index is 626. The van der Waals surface area contributed by atoms with Crippen LogP contribution in [0.3, 0.4) is 0 Å². The molecular weight excluding hydrogens is 391 g/mol. The number of benzene rings is 2. The van der Waals surface area contributed by atoms with E-state index in [1.807, 2.05) is 24.3 Å². The van der Waals surface area contributed by atoms with Gasteiger partial charge in [0.15, 0.2) is 11.5 Å². The first-order chi connectivity index (χ1) is 9.66. The van der Waals surface area contributed by atoms with Crippen LogP contribution in [0.4, 0.5) is 4.39 Å². The van der Waals surface area contributed by atoms with Gasteiger partial charge < -0.3 is 9.47 Å². The second-order valence-electron chi connectivity index (χ2n) is 4.40. The van der Waals surface area contributed by atoms with E-state index in [9.17, 15) is 4.39 Å². The maximum Gasteiger partial charge on any atom is 0.161 e. The zero-order valence-electron chi connectivity index (χ0n) is 10.4. The maximum absolute atomic E-state index is 14.0. The van der Waals surface area contributed by atoms with Crippen LogP contribution in [0.2, 0.25) is 0 Å². The van der Waals surface area contributed by atoms with E-state index in [0.29, 0.717) is 24.5 Å². The zero-order valence-corrected chi connectivity index (χ0v) is 13.6. The lowest BCUT2D eigenvalue weighted by Crippen LogP contribution is -2.15. The summed E-state index contributed by atoms with van der Waals surface area (Å²) in [6, 6.07) is 10.6. The van der Waals surface area contributed by atoms with Crippen molar-refractivity contribution in [2.45, 2.75) is 4.83 Å². The van der Waals surface area contributed by atoms with Crippen LogP contribution in [0, 0.1) is 5.82 Å². The van der Waals surface area contributed by atoms with Gasteiger partial charge in [-0.1, -0.05) is 44.0 Å². The van der Waals surface area contributed by atoms with Crippen molar-refractivity contribution >= 4 is 31.9 Å². The van der Waals surface area contributed by atoms with E-state index < -0.39 is 0 Å². The average Bonchev–Trinajstić information content (AvgIpc) is 2.46. The summed E-state index contributed by atoms with van der Waals surface area (Å²) in [5, 5.41) is 0. The Balaban J connectivity index is 2.00. The molecule has 0 saturated carbocycles. The van der Waals surface area contributed by atoms with Gasteiger partial charge in [-0.15, -0.1) is 0 Å². The quantitative estimate of drug-likeness (QED) is 0.670. The first-order valence-electron chi connectivity index (χ1n) is 6.14. The molecule has 0 fully saturated rings. The second kappa shape index (κ2) is 5.74. The van der Waals surface area contributed by atoms with Gasteiger partial charge in [0.05, 0.1) is 4.83 Å². The third kappa shape index (κ3) is 2.56. The highest BCUT2D eigenvalue weighted by Crippen LogP contribution is 2.40. The Morgan fingerprint density at radius 3 is 2.55 bits per heavy atom. The van der Waals surface area contributed by atoms with Gasteiger partial charge in [0.1, 0.15) is 19.0 Å². The Morgan fingerprint density at radius 2 is 1.80 bits per heavy atom. The molecule has 1 aliphatic heterocycles. The molecule has 2 nitrogen and oxygen atoms in total. The summed E-state index contributed by atoms with van der Waals surface area (Å²) in [4.78, 5) is -0.256. The number of hydrogen-bond acceptors (Lipinski definition) is 2. The number of ether oxygens (including phenoxy) is 2. The molecule has 104 valence electrons. The van der Waals surface area contributed by atoms with Gasteiger partial charge in [0.2, 0.25) is 0 Å².